The fourth-order valence-corrected chi connectivity index (χ4v) is 5.47. The second-order valence-electron chi connectivity index (χ2n) is 8.10. The van der Waals surface area contributed by atoms with E-state index in [0.29, 0.717) is 21.3 Å². The van der Waals surface area contributed by atoms with Crippen molar-refractivity contribution in [3.8, 4) is 12.3 Å². The molecule has 0 bridgehead atoms. The van der Waals surface area contributed by atoms with Crippen LogP contribution in [-0.2, 0) is 15.0 Å². The molecular formula is C26H18Cl2N2O2. The van der Waals surface area contributed by atoms with Gasteiger partial charge in [0.1, 0.15) is 5.41 Å². The number of carbonyl (C=O) groups excluding carboxylic acids is 2. The van der Waals surface area contributed by atoms with Crippen LogP contribution in [0.1, 0.15) is 40.6 Å². The van der Waals surface area contributed by atoms with Crippen LogP contribution in [0.25, 0.3) is 0 Å². The van der Waals surface area contributed by atoms with Crippen LogP contribution in [0, 0.1) is 12.3 Å². The number of hydrogen-bond donors (Lipinski definition) is 2. The molecule has 0 radical (unpaired) electrons. The van der Waals surface area contributed by atoms with E-state index in [1.165, 1.54) is 0 Å². The highest BCUT2D eigenvalue weighted by Crippen LogP contribution is 2.57. The van der Waals surface area contributed by atoms with Crippen LogP contribution in [0.4, 0.5) is 5.69 Å². The highest BCUT2D eigenvalue weighted by Gasteiger charge is 2.61. The van der Waals surface area contributed by atoms with Gasteiger partial charge in [-0.05, 0) is 53.1 Å². The van der Waals surface area contributed by atoms with E-state index in [4.69, 9.17) is 29.6 Å². The number of fused-ring (bicyclic) bond motifs is 2. The summed E-state index contributed by atoms with van der Waals surface area (Å²) in [5.74, 6) is 1.84. The van der Waals surface area contributed by atoms with E-state index in [9.17, 15) is 9.59 Å². The largest absolute Gasteiger partial charge is 0.348 e. The summed E-state index contributed by atoms with van der Waals surface area (Å²) in [6.45, 7) is 0. The highest BCUT2D eigenvalue weighted by molar-refractivity contribution is 6.31. The van der Waals surface area contributed by atoms with Crippen molar-refractivity contribution in [1.29, 1.82) is 0 Å². The topological polar surface area (TPSA) is 58.2 Å². The third-order valence-electron chi connectivity index (χ3n) is 6.39. The monoisotopic (exact) mass is 460 g/mol. The van der Waals surface area contributed by atoms with Gasteiger partial charge >= 0.3 is 0 Å². The highest BCUT2D eigenvalue weighted by atomic mass is 35.5. The normalized spacial score (nSPS) is 23.9. The number of anilines is 1. The molecule has 5 rings (SSSR count). The number of rotatable bonds is 2. The van der Waals surface area contributed by atoms with Gasteiger partial charge in [-0.25, -0.2) is 0 Å². The molecule has 1 fully saturated rings. The molecule has 158 valence electrons. The van der Waals surface area contributed by atoms with Crippen LogP contribution < -0.4 is 10.6 Å². The van der Waals surface area contributed by atoms with Gasteiger partial charge in [0.15, 0.2) is 0 Å². The van der Waals surface area contributed by atoms with Gasteiger partial charge in [0.05, 0.1) is 6.04 Å². The Morgan fingerprint density at radius 1 is 0.938 bits per heavy atom. The standard InChI is InChI=1S/C26H18Cl2N2O2/c1-2-15-5-3-7-17(11-15)24-26(20-10-9-19(28)13-22(20)29-25(26)32)21(14-23(31)30-24)16-6-4-8-18(27)12-16/h1,3-13,21,24H,14H2,(H,29,32)(H,30,31). The number of carbonyl (C=O) groups is 2. The van der Waals surface area contributed by atoms with Crippen molar-refractivity contribution in [3.63, 3.8) is 0 Å². The van der Waals surface area contributed by atoms with Crippen LogP contribution in [0.3, 0.4) is 0 Å². The summed E-state index contributed by atoms with van der Waals surface area (Å²) in [6, 6.07) is 19.5. The van der Waals surface area contributed by atoms with Crippen LogP contribution in [0.15, 0.2) is 66.7 Å². The number of hydrogen-bond acceptors (Lipinski definition) is 2. The number of amides is 2. The molecule has 0 aliphatic carbocycles. The van der Waals surface area contributed by atoms with Crippen molar-refractivity contribution in [2.75, 3.05) is 5.32 Å². The maximum absolute atomic E-state index is 13.9. The number of halogens is 2. The Labute approximate surface area is 195 Å². The molecule has 32 heavy (non-hydrogen) atoms. The van der Waals surface area contributed by atoms with Gasteiger partial charge in [-0.15, -0.1) is 6.42 Å². The van der Waals surface area contributed by atoms with Crippen LogP contribution in [0.5, 0.6) is 0 Å². The Morgan fingerprint density at radius 2 is 1.69 bits per heavy atom. The lowest BCUT2D eigenvalue weighted by atomic mass is 9.59. The Kier molecular flexibility index (Phi) is 4.97. The van der Waals surface area contributed by atoms with E-state index in [-0.39, 0.29) is 18.2 Å². The van der Waals surface area contributed by atoms with Crippen LogP contribution in [-0.4, -0.2) is 11.8 Å². The molecule has 0 aromatic heterocycles. The molecule has 3 aromatic carbocycles. The Bertz CT molecular complexity index is 1310. The summed E-state index contributed by atoms with van der Waals surface area (Å²) in [4.78, 5) is 26.8. The molecule has 3 unspecified atom stereocenters. The summed E-state index contributed by atoms with van der Waals surface area (Å²) in [5, 5.41) is 7.16. The van der Waals surface area contributed by atoms with Crippen LogP contribution in [0.2, 0.25) is 10.0 Å². The molecule has 3 aromatic rings. The van der Waals surface area contributed by atoms with Gasteiger partial charge in [0.2, 0.25) is 11.8 Å². The van der Waals surface area contributed by atoms with Crippen molar-refractivity contribution in [2.45, 2.75) is 23.8 Å². The summed E-state index contributed by atoms with van der Waals surface area (Å²) in [5.41, 5.74) is 2.58. The minimum absolute atomic E-state index is 0.140. The zero-order valence-electron chi connectivity index (χ0n) is 16.9. The molecule has 2 amide bonds. The summed E-state index contributed by atoms with van der Waals surface area (Å²) in [6.07, 6.45) is 5.77. The van der Waals surface area contributed by atoms with Crippen molar-refractivity contribution in [1.82, 2.24) is 5.32 Å². The lowest BCUT2D eigenvalue weighted by Gasteiger charge is -2.46. The van der Waals surface area contributed by atoms with Crippen molar-refractivity contribution in [2.24, 2.45) is 0 Å². The average molecular weight is 461 g/mol. The summed E-state index contributed by atoms with van der Waals surface area (Å²) < 4.78 is 0. The van der Waals surface area contributed by atoms with E-state index < -0.39 is 17.4 Å². The minimum atomic E-state index is -1.11. The SMILES string of the molecule is C#Cc1cccc(C2NC(=O)CC(c3cccc(Cl)c3)C23C(=O)Nc2cc(Cl)ccc23)c1. The number of piperidine rings is 1. The van der Waals surface area contributed by atoms with Crippen LogP contribution >= 0.6 is 23.2 Å². The van der Waals surface area contributed by atoms with Crippen molar-refractivity contribution in [3.05, 3.63) is 99.0 Å². The van der Waals surface area contributed by atoms with E-state index in [1.54, 1.807) is 18.2 Å². The smallest absolute Gasteiger partial charge is 0.238 e. The quantitative estimate of drug-likeness (QED) is 0.515. The first kappa shape index (κ1) is 20.6. The van der Waals surface area contributed by atoms with Gasteiger partial charge < -0.3 is 10.6 Å². The first-order valence-electron chi connectivity index (χ1n) is 10.2. The molecule has 3 atom stereocenters. The number of terminal acetylenes is 1. The predicted molar refractivity (Wildman–Crippen MR) is 126 cm³/mol. The van der Waals surface area contributed by atoms with E-state index in [1.807, 2.05) is 48.5 Å². The van der Waals surface area contributed by atoms with E-state index in [0.717, 1.165) is 16.7 Å². The first-order chi connectivity index (χ1) is 15.4. The predicted octanol–water partition coefficient (Wildman–Crippen LogP) is 5.21. The van der Waals surface area contributed by atoms with Crippen molar-refractivity contribution < 1.29 is 9.59 Å². The molecule has 2 heterocycles. The lowest BCUT2D eigenvalue weighted by molar-refractivity contribution is -0.131. The second-order valence-corrected chi connectivity index (χ2v) is 8.97. The maximum atomic E-state index is 13.9. The average Bonchev–Trinajstić information content (AvgIpc) is 3.06. The molecule has 1 spiro atoms. The Morgan fingerprint density at radius 3 is 2.47 bits per heavy atom. The Balaban J connectivity index is 1.81. The third kappa shape index (κ3) is 3.09. The van der Waals surface area contributed by atoms with E-state index in [2.05, 4.69) is 16.6 Å². The molecule has 2 N–H and O–H groups in total. The zero-order chi connectivity index (χ0) is 22.5. The first-order valence-corrected chi connectivity index (χ1v) is 10.9. The van der Waals surface area contributed by atoms with Gasteiger partial charge in [-0.3, -0.25) is 9.59 Å². The zero-order valence-corrected chi connectivity index (χ0v) is 18.4. The van der Waals surface area contributed by atoms with E-state index >= 15 is 0 Å². The Hall–Kier alpha value is -3.26. The second kappa shape index (κ2) is 7.70. The van der Waals surface area contributed by atoms with Gasteiger partial charge in [-0.2, -0.15) is 0 Å². The third-order valence-corrected chi connectivity index (χ3v) is 6.86. The fourth-order valence-electron chi connectivity index (χ4n) is 5.10. The van der Waals surface area contributed by atoms with Crippen molar-refractivity contribution >= 4 is 40.7 Å². The number of nitrogens with one attached hydrogen (secondary N) is 2. The molecule has 2 aliphatic rings. The summed E-state index contributed by atoms with van der Waals surface area (Å²) in [7, 11) is 0. The molecule has 4 nitrogen and oxygen atoms in total. The molecular weight excluding hydrogens is 443 g/mol. The molecule has 1 saturated heterocycles. The van der Waals surface area contributed by atoms with Gasteiger partial charge in [-0.1, -0.05) is 59.5 Å². The van der Waals surface area contributed by atoms with Gasteiger partial charge in [0, 0.05) is 33.6 Å². The summed E-state index contributed by atoms with van der Waals surface area (Å²) >= 11 is 12.5. The number of benzene rings is 3. The maximum Gasteiger partial charge on any atom is 0.238 e. The lowest BCUT2D eigenvalue weighted by Crippen LogP contribution is -2.56. The van der Waals surface area contributed by atoms with Gasteiger partial charge in [0.25, 0.3) is 0 Å². The molecule has 6 heteroatoms. The fraction of sp³-hybridized carbons (Fsp3) is 0.154. The molecule has 2 aliphatic heterocycles. The minimum Gasteiger partial charge on any atom is -0.348 e. The molecule has 0 saturated carbocycles.